The molecule has 1 N–H and O–H groups in total. The van der Waals surface area contributed by atoms with Crippen molar-refractivity contribution in [1.82, 2.24) is 0 Å². The Hall–Kier alpha value is -0.458. The molecule has 0 aliphatic rings. The van der Waals surface area contributed by atoms with Crippen molar-refractivity contribution in [1.29, 1.82) is 0 Å². The van der Waals surface area contributed by atoms with E-state index in [0.29, 0.717) is 0 Å². The van der Waals surface area contributed by atoms with Crippen molar-refractivity contribution >= 4 is 5.97 Å². The number of carboxylic acids is 1. The van der Waals surface area contributed by atoms with Gasteiger partial charge in [-0.1, -0.05) is 6.58 Å². The quantitative estimate of drug-likeness (QED) is 0.560. The van der Waals surface area contributed by atoms with Gasteiger partial charge in [-0.3, -0.25) is 0 Å². The summed E-state index contributed by atoms with van der Waals surface area (Å²) in [4.78, 5) is 9.60. The van der Waals surface area contributed by atoms with Crippen LogP contribution in [-0.4, -0.2) is 11.1 Å². The van der Waals surface area contributed by atoms with Crippen molar-refractivity contribution in [2.45, 2.75) is 6.92 Å². The zero-order valence-electron chi connectivity index (χ0n) is 4.38. The maximum absolute atomic E-state index is 9.60. The van der Waals surface area contributed by atoms with E-state index in [4.69, 9.17) is 8.91 Å². The van der Waals surface area contributed by atoms with E-state index in [1.165, 1.54) is 23.1 Å². The molecule has 0 radical (unpaired) electrons. The van der Waals surface area contributed by atoms with Gasteiger partial charge in [0.25, 0.3) is 0 Å². The molecule has 4 heteroatoms. The SMILES string of the molecule is C=C(C)C(=O)O.[O]=[Cr]. The van der Waals surface area contributed by atoms with E-state index in [9.17, 15) is 4.79 Å². The molecule has 0 aliphatic carbocycles. The summed E-state index contributed by atoms with van der Waals surface area (Å²) in [5, 5.41) is 7.89. The van der Waals surface area contributed by atoms with Crippen molar-refractivity contribution in [2.24, 2.45) is 0 Å². The van der Waals surface area contributed by atoms with Crippen molar-refractivity contribution in [3.63, 3.8) is 0 Å². The number of hydrogen-bond donors (Lipinski definition) is 1. The second-order valence-corrected chi connectivity index (χ2v) is 1.09. The molecule has 0 saturated carbocycles. The van der Waals surface area contributed by atoms with Crippen molar-refractivity contribution in [2.75, 3.05) is 0 Å². The van der Waals surface area contributed by atoms with E-state index in [1.807, 2.05) is 0 Å². The first-order valence-corrected chi connectivity index (χ1v) is 2.22. The van der Waals surface area contributed by atoms with Gasteiger partial charge in [-0.15, -0.1) is 0 Å². The van der Waals surface area contributed by atoms with Gasteiger partial charge in [-0.2, -0.15) is 0 Å². The van der Waals surface area contributed by atoms with E-state index in [2.05, 4.69) is 6.58 Å². The predicted octanol–water partition coefficient (Wildman–Crippen LogP) is 0.526. The van der Waals surface area contributed by atoms with E-state index in [1.54, 1.807) is 0 Å². The third-order valence-corrected chi connectivity index (χ3v) is 0.365. The molecular weight excluding hydrogens is 148 g/mol. The summed E-state index contributed by atoms with van der Waals surface area (Å²) in [6.45, 7) is 4.60. The molecule has 0 rings (SSSR count). The number of hydrogen-bond acceptors (Lipinski definition) is 2. The number of carboxylic acid groups (broad SMARTS) is 1. The molecule has 0 aromatic heterocycles. The molecule has 0 amide bonds. The molecule has 3 nitrogen and oxygen atoms in total. The molecule has 0 aromatic rings. The average molecular weight is 154 g/mol. The predicted molar refractivity (Wildman–Crippen MR) is 23.1 cm³/mol. The Bertz CT molecular complexity index is 87.5. The molecule has 0 spiro atoms. The van der Waals surface area contributed by atoms with Gasteiger partial charge < -0.3 is 5.11 Å². The molecule has 0 fully saturated rings. The fraction of sp³-hybridized carbons (Fsp3) is 0.250. The van der Waals surface area contributed by atoms with E-state index >= 15 is 0 Å². The summed E-state index contributed by atoms with van der Waals surface area (Å²) >= 11 is 1.38. The van der Waals surface area contributed by atoms with E-state index < -0.39 is 5.97 Å². The first-order chi connectivity index (χ1) is 3.64. The number of carbonyl (C=O) groups is 1. The van der Waals surface area contributed by atoms with Crippen molar-refractivity contribution in [3.05, 3.63) is 12.2 Å². The molecule has 8 heavy (non-hydrogen) atoms. The van der Waals surface area contributed by atoms with Crippen molar-refractivity contribution in [3.8, 4) is 0 Å². The van der Waals surface area contributed by atoms with Gasteiger partial charge in [0, 0.05) is 5.57 Å². The van der Waals surface area contributed by atoms with Gasteiger partial charge in [0.05, 0.1) is 0 Å². The normalized spacial score (nSPS) is 6.12. The molecule has 0 bridgehead atoms. The molecule has 0 heterocycles. The Morgan fingerprint density at radius 2 is 1.75 bits per heavy atom. The Morgan fingerprint density at radius 1 is 1.62 bits per heavy atom. The second kappa shape index (κ2) is 6.54. The van der Waals surface area contributed by atoms with Crippen LogP contribution in [0.3, 0.4) is 0 Å². The molecule has 0 aromatic carbocycles. The Balaban J connectivity index is 0. The first-order valence-electron chi connectivity index (χ1n) is 1.70. The third-order valence-electron chi connectivity index (χ3n) is 0.365. The van der Waals surface area contributed by atoms with Crippen LogP contribution in [0.15, 0.2) is 12.2 Å². The second-order valence-electron chi connectivity index (χ2n) is 1.09. The maximum atomic E-state index is 9.60. The summed E-state index contributed by atoms with van der Waals surface area (Å²) < 4.78 is 8.12. The molecule has 0 unspecified atom stereocenters. The Labute approximate surface area is 55.6 Å². The van der Waals surface area contributed by atoms with E-state index in [-0.39, 0.29) is 5.57 Å². The van der Waals surface area contributed by atoms with Crippen LogP contribution in [0.4, 0.5) is 0 Å². The van der Waals surface area contributed by atoms with Crippen LogP contribution in [0.5, 0.6) is 0 Å². The van der Waals surface area contributed by atoms with Crippen LogP contribution >= 0.6 is 0 Å². The fourth-order valence-electron chi connectivity index (χ4n) is 0. The van der Waals surface area contributed by atoms with Gasteiger partial charge in [-0.05, 0) is 6.92 Å². The van der Waals surface area contributed by atoms with Gasteiger partial charge in [0.15, 0.2) is 0 Å². The van der Waals surface area contributed by atoms with Crippen LogP contribution in [0, 0.1) is 0 Å². The van der Waals surface area contributed by atoms with Crippen molar-refractivity contribution < 1.29 is 29.9 Å². The van der Waals surface area contributed by atoms with Gasteiger partial charge in [0.1, 0.15) is 0 Å². The Morgan fingerprint density at radius 3 is 1.75 bits per heavy atom. The number of rotatable bonds is 1. The van der Waals surface area contributed by atoms with Crippen LogP contribution in [0.1, 0.15) is 6.92 Å². The van der Waals surface area contributed by atoms with Crippen LogP contribution < -0.4 is 0 Å². The third kappa shape index (κ3) is 9.11. The summed E-state index contributed by atoms with van der Waals surface area (Å²) in [6, 6.07) is 0. The standard InChI is InChI=1S/C4H6O2.Cr.O/c1-3(2)4(5)6;;/h1H2,2H3,(H,5,6);;. The molecule has 46 valence electrons. The van der Waals surface area contributed by atoms with Gasteiger partial charge >= 0.3 is 26.0 Å². The molecular formula is C4H6CrO3. The molecule has 0 saturated heterocycles. The van der Waals surface area contributed by atoms with Gasteiger partial charge in [0.2, 0.25) is 0 Å². The Kier molecular flexibility index (Phi) is 8.59. The first kappa shape index (κ1) is 10.5. The minimum atomic E-state index is -0.935. The van der Waals surface area contributed by atoms with Crippen LogP contribution in [0.2, 0.25) is 0 Å². The summed E-state index contributed by atoms with van der Waals surface area (Å²) in [5.74, 6) is -0.935. The zero-order chi connectivity index (χ0) is 7.15. The zero-order valence-corrected chi connectivity index (χ0v) is 5.65. The average Bonchev–Trinajstić information content (AvgIpc) is 1.72. The number of aliphatic carboxylic acids is 1. The van der Waals surface area contributed by atoms with Gasteiger partial charge in [-0.25, -0.2) is 4.79 Å². The topological polar surface area (TPSA) is 54.4 Å². The monoisotopic (exact) mass is 154 g/mol. The molecule has 0 atom stereocenters. The summed E-state index contributed by atoms with van der Waals surface area (Å²) in [7, 11) is 0. The van der Waals surface area contributed by atoms with Crippen LogP contribution in [0.25, 0.3) is 0 Å². The van der Waals surface area contributed by atoms with E-state index in [0.717, 1.165) is 0 Å². The molecule has 0 aliphatic heterocycles. The minimum absolute atomic E-state index is 0.176. The van der Waals surface area contributed by atoms with Crippen LogP contribution in [-0.2, 0) is 24.8 Å². The fourth-order valence-corrected chi connectivity index (χ4v) is 0. The summed E-state index contributed by atoms with van der Waals surface area (Å²) in [6.07, 6.45) is 0. The summed E-state index contributed by atoms with van der Waals surface area (Å²) in [5.41, 5.74) is 0.176.